The summed E-state index contributed by atoms with van der Waals surface area (Å²) in [6.45, 7) is 2.78. The van der Waals surface area contributed by atoms with Crippen LogP contribution in [0.5, 0.6) is 0 Å². The van der Waals surface area contributed by atoms with Crippen molar-refractivity contribution < 1.29 is 9.90 Å². The minimum absolute atomic E-state index is 0.184. The lowest BCUT2D eigenvalue weighted by Gasteiger charge is -2.10. The van der Waals surface area contributed by atoms with Gasteiger partial charge in [-0.15, -0.1) is 0 Å². The van der Waals surface area contributed by atoms with E-state index in [2.05, 4.69) is 34.9 Å². The van der Waals surface area contributed by atoms with Crippen LogP contribution >= 0.6 is 0 Å². The number of amides is 2. The molecule has 0 radical (unpaired) electrons. The van der Waals surface area contributed by atoms with Crippen LogP contribution in [-0.2, 0) is 6.42 Å². The third-order valence-electron chi connectivity index (χ3n) is 3.41. The molecule has 21 heavy (non-hydrogen) atoms. The largest absolute Gasteiger partial charge is 0.393 e. The fourth-order valence-corrected chi connectivity index (χ4v) is 2.28. The maximum absolute atomic E-state index is 11.6. The molecule has 112 valence electrons. The van der Waals surface area contributed by atoms with Gasteiger partial charge in [0.05, 0.1) is 6.10 Å². The average Bonchev–Trinajstić information content (AvgIpc) is 2.47. The lowest BCUT2D eigenvalue weighted by Crippen LogP contribution is -2.37. The molecule has 1 atom stereocenters. The van der Waals surface area contributed by atoms with Crippen molar-refractivity contribution >= 4 is 16.8 Å². The summed E-state index contributed by atoms with van der Waals surface area (Å²) in [5.41, 5.74) is 1.23. The highest BCUT2D eigenvalue weighted by molar-refractivity contribution is 5.85. The summed E-state index contributed by atoms with van der Waals surface area (Å²) < 4.78 is 0. The number of nitrogens with one attached hydrogen (secondary N) is 2. The Labute approximate surface area is 125 Å². The average molecular weight is 286 g/mol. The van der Waals surface area contributed by atoms with E-state index in [1.54, 1.807) is 6.92 Å². The number of aliphatic hydroxyl groups is 1. The van der Waals surface area contributed by atoms with Crippen LogP contribution in [0.1, 0.15) is 18.9 Å². The van der Waals surface area contributed by atoms with Gasteiger partial charge in [-0.2, -0.15) is 0 Å². The van der Waals surface area contributed by atoms with Crippen LogP contribution < -0.4 is 10.6 Å². The topological polar surface area (TPSA) is 61.4 Å². The zero-order valence-corrected chi connectivity index (χ0v) is 12.3. The molecule has 4 nitrogen and oxygen atoms in total. The summed E-state index contributed by atoms with van der Waals surface area (Å²) in [5, 5.41) is 17.1. The third-order valence-corrected chi connectivity index (χ3v) is 3.41. The van der Waals surface area contributed by atoms with Crippen LogP contribution in [0, 0.1) is 0 Å². The van der Waals surface area contributed by atoms with Crippen LogP contribution in [0.3, 0.4) is 0 Å². The molecule has 0 bridgehead atoms. The predicted octanol–water partition coefficient (Wildman–Crippen LogP) is 2.45. The monoisotopic (exact) mass is 286 g/mol. The maximum atomic E-state index is 11.6. The number of carbonyl (C=O) groups excluding carboxylic acids is 1. The van der Waals surface area contributed by atoms with Gasteiger partial charge in [-0.05, 0) is 36.1 Å². The van der Waals surface area contributed by atoms with E-state index in [1.807, 2.05) is 18.2 Å². The Hall–Kier alpha value is -2.07. The smallest absolute Gasteiger partial charge is 0.314 e. The van der Waals surface area contributed by atoms with Gasteiger partial charge in [0.25, 0.3) is 0 Å². The molecule has 0 spiro atoms. The molecule has 0 aliphatic carbocycles. The van der Waals surface area contributed by atoms with Crippen LogP contribution in [0.25, 0.3) is 10.8 Å². The van der Waals surface area contributed by atoms with E-state index in [0.717, 1.165) is 6.42 Å². The molecule has 0 aliphatic rings. The molecule has 0 aromatic heterocycles. The van der Waals surface area contributed by atoms with Crippen molar-refractivity contribution in [1.82, 2.24) is 10.6 Å². The van der Waals surface area contributed by atoms with Crippen molar-refractivity contribution in [3.63, 3.8) is 0 Å². The van der Waals surface area contributed by atoms with E-state index in [4.69, 9.17) is 5.11 Å². The quantitative estimate of drug-likeness (QED) is 0.764. The summed E-state index contributed by atoms with van der Waals surface area (Å²) in [6, 6.07) is 14.3. The summed E-state index contributed by atoms with van der Waals surface area (Å²) >= 11 is 0. The van der Waals surface area contributed by atoms with E-state index in [-0.39, 0.29) is 12.1 Å². The zero-order valence-electron chi connectivity index (χ0n) is 12.3. The number of fused-ring (bicyclic) bond motifs is 1. The van der Waals surface area contributed by atoms with Gasteiger partial charge in [0, 0.05) is 13.1 Å². The minimum atomic E-state index is -0.388. The van der Waals surface area contributed by atoms with E-state index < -0.39 is 0 Å². The fourth-order valence-electron chi connectivity index (χ4n) is 2.28. The summed E-state index contributed by atoms with van der Waals surface area (Å²) in [5.74, 6) is 0. The van der Waals surface area contributed by atoms with Gasteiger partial charge < -0.3 is 15.7 Å². The van der Waals surface area contributed by atoms with Crippen LogP contribution in [0.4, 0.5) is 4.79 Å². The maximum Gasteiger partial charge on any atom is 0.314 e. The molecule has 3 N–H and O–H groups in total. The van der Waals surface area contributed by atoms with E-state index in [1.165, 1.54) is 16.3 Å². The van der Waals surface area contributed by atoms with Gasteiger partial charge in [0.1, 0.15) is 0 Å². The number of rotatable bonds is 6. The lowest BCUT2D eigenvalue weighted by molar-refractivity contribution is 0.183. The van der Waals surface area contributed by atoms with Crippen molar-refractivity contribution in [2.24, 2.45) is 0 Å². The Balaban J connectivity index is 1.81. The Kier molecular flexibility index (Phi) is 5.58. The van der Waals surface area contributed by atoms with Crippen molar-refractivity contribution in [3.8, 4) is 0 Å². The molecule has 0 fully saturated rings. The molecule has 2 aromatic rings. The predicted molar refractivity (Wildman–Crippen MR) is 85.4 cm³/mol. The Morgan fingerprint density at radius 3 is 2.62 bits per heavy atom. The SMILES string of the molecule is CC(O)CCNC(=O)NCCc1cccc2ccccc12. The van der Waals surface area contributed by atoms with Gasteiger partial charge in [-0.25, -0.2) is 4.79 Å². The summed E-state index contributed by atoms with van der Waals surface area (Å²) in [4.78, 5) is 11.6. The number of hydrogen-bond donors (Lipinski definition) is 3. The standard InChI is InChI=1S/C17H22N2O2/c1-13(20)9-11-18-17(21)19-12-10-15-7-4-6-14-5-2-3-8-16(14)15/h2-8,13,20H,9-12H2,1H3,(H2,18,19,21). The molecule has 0 heterocycles. The second-order valence-corrected chi connectivity index (χ2v) is 5.21. The van der Waals surface area contributed by atoms with Crippen LogP contribution in [0.2, 0.25) is 0 Å². The highest BCUT2D eigenvalue weighted by Crippen LogP contribution is 2.18. The second-order valence-electron chi connectivity index (χ2n) is 5.21. The first-order chi connectivity index (χ1) is 10.2. The molecular formula is C17H22N2O2. The van der Waals surface area contributed by atoms with Crippen molar-refractivity contribution in [3.05, 3.63) is 48.0 Å². The highest BCUT2D eigenvalue weighted by Gasteiger charge is 2.03. The molecule has 0 aliphatic heterocycles. The first-order valence-corrected chi connectivity index (χ1v) is 7.33. The normalized spacial score (nSPS) is 12.1. The van der Waals surface area contributed by atoms with Crippen molar-refractivity contribution in [2.45, 2.75) is 25.9 Å². The van der Waals surface area contributed by atoms with E-state index in [9.17, 15) is 4.79 Å². The fraction of sp³-hybridized carbons (Fsp3) is 0.353. The molecule has 0 saturated carbocycles. The first kappa shape index (κ1) is 15.3. The number of urea groups is 1. The van der Waals surface area contributed by atoms with Crippen LogP contribution in [0.15, 0.2) is 42.5 Å². The van der Waals surface area contributed by atoms with Crippen molar-refractivity contribution in [1.29, 1.82) is 0 Å². The van der Waals surface area contributed by atoms with E-state index in [0.29, 0.717) is 19.5 Å². The second kappa shape index (κ2) is 7.64. The van der Waals surface area contributed by atoms with Crippen molar-refractivity contribution in [2.75, 3.05) is 13.1 Å². The summed E-state index contributed by atoms with van der Waals surface area (Å²) in [6.07, 6.45) is 0.975. The van der Waals surface area contributed by atoms with Gasteiger partial charge >= 0.3 is 6.03 Å². The Bertz CT molecular complexity index is 591. The summed E-state index contributed by atoms with van der Waals surface area (Å²) in [7, 11) is 0. The highest BCUT2D eigenvalue weighted by atomic mass is 16.3. The minimum Gasteiger partial charge on any atom is -0.393 e. The number of aliphatic hydroxyl groups excluding tert-OH is 1. The first-order valence-electron chi connectivity index (χ1n) is 7.33. The molecular weight excluding hydrogens is 264 g/mol. The van der Waals surface area contributed by atoms with Gasteiger partial charge in [-0.1, -0.05) is 42.5 Å². The van der Waals surface area contributed by atoms with E-state index >= 15 is 0 Å². The van der Waals surface area contributed by atoms with Gasteiger partial charge in [0.2, 0.25) is 0 Å². The Morgan fingerprint density at radius 2 is 1.81 bits per heavy atom. The molecule has 0 saturated heterocycles. The molecule has 2 amide bonds. The third kappa shape index (κ3) is 4.76. The zero-order chi connectivity index (χ0) is 15.1. The molecule has 2 aromatic carbocycles. The molecule has 1 unspecified atom stereocenters. The Morgan fingerprint density at radius 1 is 1.10 bits per heavy atom. The molecule has 2 rings (SSSR count). The lowest BCUT2D eigenvalue weighted by atomic mass is 10.0. The number of carbonyl (C=O) groups is 1. The van der Waals surface area contributed by atoms with Gasteiger partial charge in [0.15, 0.2) is 0 Å². The molecule has 4 heteroatoms. The van der Waals surface area contributed by atoms with Gasteiger partial charge in [-0.3, -0.25) is 0 Å². The number of benzene rings is 2. The number of hydrogen-bond acceptors (Lipinski definition) is 2. The van der Waals surface area contributed by atoms with Crippen LogP contribution in [-0.4, -0.2) is 30.3 Å².